The summed E-state index contributed by atoms with van der Waals surface area (Å²) in [5.41, 5.74) is 9.09. The number of amides is 2. The number of esters is 1. The summed E-state index contributed by atoms with van der Waals surface area (Å²) in [5.74, 6) is -1.58. The van der Waals surface area contributed by atoms with E-state index < -0.39 is 24.4 Å². The maximum atomic E-state index is 12.3. The molecule has 7 heteroatoms. The van der Waals surface area contributed by atoms with Gasteiger partial charge in [-0.1, -0.05) is 12.1 Å². The molecule has 0 atom stereocenters. The first-order valence-electron chi connectivity index (χ1n) is 8.86. The van der Waals surface area contributed by atoms with Crippen LogP contribution in [0.2, 0.25) is 0 Å². The van der Waals surface area contributed by atoms with Gasteiger partial charge in [0.25, 0.3) is 11.8 Å². The van der Waals surface area contributed by atoms with Gasteiger partial charge in [0.15, 0.2) is 6.61 Å². The van der Waals surface area contributed by atoms with Crippen molar-refractivity contribution in [3.8, 4) is 0 Å². The Balaban J connectivity index is 1.68. The van der Waals surface area contributed by atoms with Crippen molar-refractivity contribution in [2.24, 2.45) is 5.73 Å². The number of hydrogen-bond donors (Lipinski definition) is 2. The number of aryl methyl sites for hydroxylation is 2. The smallest absolute Gasteiger partial charge is 0.338 e. The maximum Gasteiger partial charge on any atom is 0.338 e. The molecule has 1 aromatic carbocycles. The molecule has 3 rings (SSSR count). The minimum atomic E-state index is -0.549. The van der Waals surface area contributed by atoms with Gasteiger partial charge in [0.2, 0.25) is 0 Å². The van der Waals surface area contributed by atoms with Crippen LogP contribution in [-0.4, -0.2) is 24.4 Å². The summed E-state index contributed by atoms with van der Waals surface area (Å²) in [6.45, 7) is 3.32. The molecule has 1 aromatic heterocycles. The van der Waals surface area contributed by atoms with E-state index in [0.717, 1.165) is 47.3 Å². The predicted octanol–water partition coefficient (Wildman–Crippen LogP) is 3.14. The second-order valence-electron chi connectivity index (χ2n) is 6.65. The van der Waals surface area contributed by atoms with Crippen LogP contribution < -0.4 is 11.1 Å². The van der Waals surface area contributed by atoms with Crippen LogP contribution in [0.4, 0.5) is 5.00 Å². The number of carbonyl (C=O) groups excluding carboxylic acids is 3. The Bertz CT molecular complexity index is 917. The third-order valence-corrected chi connectivity index (χ3v) is 6.04. The Morgan fingerprint density at radius 2 is 1.93 bits per heavy atom. The molecule has 27 heavy (non-hydrogen) atoms. The minimum Gasteiger partial charge on any atom is -0.452 e. The standard InChI is InChI=1S/C20H22N2O4S/c1-11-6-5-8-13(12(11)2)20(25)26-10-16(23)22-19-17(18(21)24)14-7-3-4-9-15(14)27-19/h5-6,8H,3-4,7,9-10H2,1-2H3,(H2,21,24)(H,22,23). The molecular weight excluding hydrogens is 364 g/mol. The molecule has 6 nitrogen and oxygen atoms in total. The van der Waals surface area contributed by atoms with E-state index in [1.54, 1.807) is 12.1 Å². The minimum absolute atomic E-state index is 0.393. The number of benzene rings is 1. The number of carbonyl (C=O) groups is 3. The number of primary amides is 1. The summed E-state index contributed by atoms with van der Waals surface area (Å²) in [5, 5.41) is 3.13. The van der Waals surface area contributed by atoms with Gasteiger partial charge in [-0.25, -0.2) is 4.79 Å². The Morgan fingerprint density at radius 1 is 1.19 bits per heavy atom. The molecule has 0 unspecified atom stereocenters. The summed E-state index contributed by atoms with van der Waals surface area (Å²) in [6, 6.07) is 5.35. The van der Waals surface area contributed by atoms with Crippen LogP contribution in [0.15, 0.2) is 18.2 Å². The average Bonchev–Trinajstić information content (AvgIpc) is 2.99. The normalized spacial score (nSPS) is 13.0. The van der Waals surface area contributed by atoms with Gasteiger partial charge < -0.3 is 15.8 Å². The number of hydrogen-bond acceptors (Lipinski definition) is 5. The van der Waals surface area contributed by atoms with E-state index in [1.807, 2.05) is 19.9 Å². The van der Waals surface area contributed by atoms with Crippen molar-refractivity contribution in [2.75, 3.05) is 11.9 Å². The van der Waals surface area contributed by atoms with Crippen molar-refractivity contribution >= 4 is 34.1 Å². The first kappa shape index (κ1) is 19.1. The molecule has 1 heterocycles. The summed E-state index contributed by atoms with van der Waals surface area (Å²) < 4.78 is 5.14. The summed E-state index contributed by atoms with van der Waals surface area (Å²) in [7, 11) is 0. The largest absolute Gasteiger partial charge is 0.452 e. The van der Waals surface area contributed by atoms with Gasteiger partial charge in [0.05, 0.1) is 11.1 Å². The zero-order chi connectivity index (χ0) is 19.6. The molecule has 0 bridgehead atoms. The van der Waals surface area contributed by atoms with Crippen molar-refractivity contribution in [1.29, 1.82) is 0 Å². The van der Waals surface area contributed by atoms with E-state index in [9.17, 15) is 14.4 Å². The van der Waals surface area contributed by atoms with Crippen molar-refractivity contribution in [3.05, 3.63) is 50.9 Å². The lowest BCUT2D eigenvalue weighted by Gasteiger charge is -2.11. The number of fused-ring (bicyclic) bond motifs is 1. The average molecular weight is 386 g/mol. The number of nitrogens with two attached hydrogens (primary N) is 1. The molecule has 0 fully saturated rings. The van der Waals surface area contributed by atoms with Gasteiger partial charge in [-0.3, -0.25) is 9.59 Å². The number of nitrogens with one attached hydrogen (secondary N) is 1. The van der Waals surface area contributed by atoms with E-state index in [0.29, 0.717) is 16.1 Å². The molecule has 2 aromatic rings. The molecular formula is C20H22N2O4S. The molecule has 2 amide bonds. The zero-order valence-electron chi connectivity index (χ0n) is 15.4. The zero-order valence-corrected chi connectivity index (χ0v) is 16.2. The van der Waals surface area contributed by atoms with E-state index in [2.05, 4.69) is 5.32 Å². The molecule has 0 saturated carbocycles. The lowest BCUT2D eigenvalue weighted by molar-refractivity contribution is -0.119. The third kappa shape index (κ3) is 4.03. The Labute approximate surface area is 161 Å². The predicted molar refractivity (Wildman–Crippen MR) is 104 cm³/mol. The lowest BCUT2D eigenvalue weighted by atomic mass is 9.95. The SMILES string of the molecule is Cc1cccc(C(=O)OCC(=O)Nc2sc3c(c2C(N)=O)CCCC3)c1C. The number of ether oxygens (including phenoxy) is 1. The summed E-state index contributed by atoms with van der Waals surface area (Å²) >= 11 is 1.38. The van der Waals surface area contributed by atoms with E-state index >= 15 is 0 Å². The fraction of sp³-hybridized carbons (Fsp3) is 0.350. The van der Waals surface area contributed by atoms with E-state index in [1.165, 1.54) is 11.3 Å². The van der Waals surface area contributed by atoms with E-state index in [4.69, 9.17) is 10.5 Å². The third-order valence-electron chi connectivity index (χ3n) is 4.83. The highest BCUT2D eigenvalue weighted by Gasteiger charge is 2.25. The maximum absolute atomic E-state index is 12.3. The molecule has 3 N–H and O–H groups in total. The highest BCUT2D eigenvalue weighted by Crippen LogP contribution is 2.37. The number of anilines is 1. The van der Waals surface area contributed by atoms with Gasteiger partial charge in [-0.2, -0.15) is 0 Å². The fourth-order valence-corrected chi connectivity index (χ4v) is 4.57. The molecule has 1 aliphatic rings. The monoisotopic (exact) mass is 386 g/mol. The van der Waals surface area contributed by atoms with Crippen molar-refractivity contribution in [2.45, 2.75) is 39.5 Å². The van der Waals surface area contributed by atoms with Crippen LogP contribution in [0.1, 0.15) is 55.1 Å². The van der Waals surface area contributed by atoms with Crippen molar-refractivity contribution < 1.29 is 19.1 Å². The first-order chi connectivity index (χ1) is 12.9. The van der Waals surface area contributed by atoms with Gasteiger partial charge in [0, 0.05) is 4.88 Å². The molecule has 1 aliphatic carbocycles. The molecule has 0 aliphatic heterocycles. The van der Waals surface area contributed by atoms with E-state index in [-0.39, 0.29) is 0 Å². The van der Waals surface area contributed by atoms with Crippen LogP contribution >= 0.6 is 11.3 Å². The van der Waals surface area contributed by atoms with Crippen LogP contribution in [0.5, 0.6) is 0 Å². The van der Waals surface area contributed by atoms with Crippen molar-refractivity contribution in [3.63, 3.8) is 0 Å². The second-order valence-corrected chi connectivity index (χ2v) is 7.76. The fourth-order valence-electron chi connectivity index (χ4n) is 3.26. The van der Waals surface area contributed by atoms with Crippen LogP contribution in [0, 0.1) is 13.8 Å². The van der Waals surface area contributed by atoms with Crippen molar-refractivity contribution in [1.82, 2.24) is 0 Å². The first-order valence-corrected chi connectivity index (χ1v) is 9.67. The van der Waals surface area contributed by atoms with Gasteiger partial charge in [-0.15, -0.1) is 11.3 Å². The Kier molecular flexibility index (Phi) is 5.60. The highest BCUT2D eigenvalue weighted by atomic mass is 32.1. The second kappa shape index (κ2) is 7.92. The Hall–Kier alpha value is -2.67. The number of rotatable bonds is 5. The van der Waals surface area contributed by atoms with Gasteiger partial charge >= 0.3 is 5.97 Å². The molecule has 142 valence electrons. The number of thiophene rings is 1. The topological polar surface area (TPSA) is 98.5 Å². The van der Waals surface area contributed by atoms with Crippen LogP contribution in [-0.2, 0) is 22.4 Å². The van der Waals surface area contributed by atoms with Crippen LogP contribution in [0.25, 0.3) is 0 Å². The molecule has 0 spiro atoms. The van der Waals surface area contributed by atoms with Gasteiger partial charge in [0.1, 0.15) is 5.00 Å². The van der Waals surface area contributed by atoms with Gasteiger partial charge in [-0.05, 0) is 62.3 Å². The molecule has 0 radical (unpaired) electrons. The molecule has 0 saturated heterocycles. The Morgan fingerprint density at radius 3 is 2.67 bits per heavy atom. The summed E-state index contributed by atoms with van der Waals surface area (Å²) in [4.78, 5) is 37.4. The quantitative estimate of drug-likeness (QED) is 0.771. The van der Waals surface area contributed by atoms with Crippen LogP contribution in [0.3, 0.4) is 0 Å². The highest BCUT2D eigenvalue weighted by molar-refractivity contribution is 7.17. The lowest BCUT2D eigenvalue weighted by Crippen LogP contribution is -2.23. The summed E-state index contributed by atoms with van der Waals surface area (Å²) in [6.07, 6.45) is 3.75.